The molecule has 2 aliphatic carbocycles. The van der Waals surface area contributed by atoms with E-state index in [2.05, 4.69) is 29.3 Å². The van der Waals surface area contributed by atoms with Gasteiger partial charge in [-0.1, -0.05) is 24.3 Å². The zero-order valence-corrected chi connectivity index (χ0v) is 7.86. The van der Waals surface area contributed by atoms with Crippen molar-refractivity contribution in [3.05, 3.63) is 35.4 Å². The van der Waals surface area contributed by atoms with Gasteiger partial charge in [0, 0.05) is 5.41 Å². The van der Waals surface area contributed by atoms with Gasteiger partial charge in [0.05, 0.1) is 6.04 Å². The fourth-order valence-corrected chi connectivity index (χ4v) is 2.79. The molecule has 1 fully saturated rings. The number of hydrogen-bond acceptors (Lipinski definition) is 2. The van der Waals surface area contributed by atoms with Gasteiger partial charge in [-0.05, 0) is 30.4 Å². The predicted octanol–water partition coefficient (Wildman–Crippen LogP) is 1.98. The van der Waals surface area contributed by atoms with E-state index >= 15 is 0 Å². The van der Waals surface area contributed by atoms with E-state index in [0.717, 1.165) is 19.3 Å². The quantitative estimate of drug-likeness (QED) is 0.486. The van der Waals surface area contributed by atoms with Gasteiger partial charge in [0.25, 0.3) is 0 Å². The molecule has 0 unspecified atom stereocenters. The molecule has 14 heavy (non-hydrogen) atoms. The number of carbonyl (C=O) groups excluding carboxylic acids is 1. The maximum Gasteiger partial charge on any atom is 0.235 e. The summed E-state index contributed by atoms with van der Waals surface area (Å²) >= 11 is 0. The van der Waals surface area contributed by atoms with E-state index in [9.17, 15) is 4.79 Å². The van der Waals surface area contributed by atoms with Crippen LogP contribution in [-0.4, -0.2) is 12.1 Å². The van der Waals surface area contributed by atoms with Crippen LogP contribution >= 0.6 is 0 Å². The van der Waals surface area contributed by atoms with Gasteiger partial charge in [0.2, 0.25) is 6.08 Å². The van der Waals surface area contributed by atoms with Crippen molar-refractivity contribution in [3.8, 4) is 0 Å². The smallest absolute Gasteiger partial charge is 0.211 e. The van der Waals surface area contributed by atoms with Crippen LogP contribution < -0.4 is 0 Å². The van der Waals surface area contributed by atoms with Crippen molar-refractivity contribution in [2.45, 2.75) is 30.7 Å². The minimum Gasteiger partial charge on any atom is -0.211 e. The molecule has 1 aromatic rings. The summed E-state index contributed by atoms with van der Waals surface area (Å²) in [4.78, 5) is 14.1. The molecule has 1 spiro atoms. The first-order valence-electron chi connectivity index (χ1n) is 5.02. The standard InChI is InChI=1S/C12H11NO/c14-8-13-11-7-12(11)6-5-9-3-1-2-4-10(9)12/h1-4,11H,5-7H2/t11-,12+/m1/s1. The van der Waals surface area contributed by atoms with Gasteiger partial charge in [0.15, 0.2) is 0 Å². The summed E-state index contributed by atoms with van der Waals surface area (Å²) in [6, 6.07) is 8.74. The largest absolute Gasteiger partial charge is 0.235 e. The van der Waals surface area contributed by atoms with Gasteiger partial charge >= 0.3 is 0 Å². The molecule has 70 valence electrons. The third kappa shape index (κ3) is 0.865. The van der Waals surface area contributed by atoms with Crippen molar-refractivity contribution >= 4 is 6.08 Å². The zero-order valence-electron chi connectivity index (χ0n) is 7.86. The third-order valence-electron chi connectivity index (χ3n) is 3.64. The minimum absolute atomic E-state index is 0.212. The van der Waals surface area contributed by atoms with Gasteiger partial charge in [-0.2, -0.15) is 0 Å². The van der Waals surface area contributed by atoms with Gasteiger partial charge in [-0.3, -0.25) is 0 Å². The van der Waals surface area contributed by atoms with Crippen LogP contribution in [0.1, 0.15) is 24.0 Å². The maximum atomic E-state index is 10.2. The van der Waals surface area contributed by atoms with Gasteiger partial charge in [0.1, 0.15) is 0 Å². The molecule has 0 radical (unpaired) electrons. The lowest BCUT2D eigenvalue weighted by molar-refractivity contribution is 0.559. The molecule has 2 nitrogen and oxygen atoms in total. The van der Waals surface area contributed by atoms with Crippen LogP contribution in [0.4, 0.5) is 0 Å². The number of isocyanates is 1. The molecule has 1 aromatic carbocycles. The normalized spacial score (nSPS) is 32.4. The molecule has 2 heteroatoms. The van der Waals surface area contributed by atoms with Crippen LogP contribution in [0.3, 0.4) is 0 Å². The SMILES string of the molecule is O=C=N[C@@H]1C[C@]12CCc1ccccc12. The Hall–Kier alpha value is -1.40. The van der Waals surface area contributed by atoms with Crippen LogP contribution in [-0.2, 0) is 16.6 Å². The molecule has 2 aliphatic rings. The first kappa shape index (κ1) is 7.95. The summed E-state index contributed by atoms with van der Waals surface area (Å²) < 4.78 is 0. The average Bonchev–Trinajstić information content (AvgIpc) is 2.77. The lowest BCUT2D eigenvalue weighted by Gasteiger charge is -2.07. The molecule has 0 heterocycles. The lowest BCUT2D eigenvalue weighted by atomic mass is 9.98. The maximum absolute atomic E-state index is 10.2. The molecule has 0 amide bonds. The highest BCUT2D eigenvalue weighted by atomic mass is 16.1. The van der Waals surface area contributed by atoms with Gasteiger partial charge in [-0.15, -0.1) is 0 Å². The minimum atomic E-state index is 0.212. The summed E-state index contributed by atoms with van der Waals surface area (Å²) in [6.45, 7) is 0. The molecular formula is C12H11NO. The first-order chi connectivity index (χ1) is 6.87. The fourth-order valence-electron chi connectivity index (χ4n) is 2.79. The summed E-state index contributed by atoms with van der Waals surface area (Å²) in [5.74, 6) is 0. The Kier molecular flexibility index (Phi) is 1.45. The third-order valence-corrected chi connectivity index (χ3v) is 3.64. The number of hydrogen-bond donors (Lipinski definition) is 0. The number of fused-ring (bicyclic) bond motifs is 2. The second-order valence-electron chi connectivity index (χ2n) is 4.25. The van der Waals surface area contributed by atoms with E-state index in [4.69, 9.17) is 0 Å². The highest BCUT2D eigenvalue weighted by Crippen LogP contribution is 2.58. The number of nitrogens with zero attached hydrogens (tertiary/aromatic N) is 1. The molecule has 0 aliphatic heterocycles. The van der Waals surface area contributed by atoms with Gasteiger partial charge in [-0.25, -0.2) is 9.79 Å². The number of aliphatic imine (C=N–C) groups is 1. The van der Waals surface area contributed by atoms with Crippen molar-refractivity contribution in [1.82, 2.24) is 0 Å². The molecular weight excluding hydrogens is 174 g/mol. The van der Waals surface area contributed by atoms with Crippen molar-refractivity contribution in [1.29, 1.82) is 0 Å². The van der Waals surface area contributed by atoms with E-state index in [1.807, 2.05) is 0 Å². The Bertz CT molecular complexity index is 434. The van der Waals surface area contributed by atoms with E-state index in [-0.39, 0.29) is 11.5 Å². The van der Waals surface area contributed by atoms with Crippen molar-refractivity contribution in [2.24, 2.45) is 4.99 Å². The Morgan fingerprint density at radius 2 is 2.29 bits per heavy atom. The molecule has 0 aromatic heterocycles. The Morgan fingerprint density at radius 1 is 1.43 bits per heavy atom. The van der Waals surface area contributed by atoms with Crippen LogP contribution in [0, 0.1) is 0 Å². The molecule has 1 saturated carbocycles. The molecule has 3 rings (SSSR count). The van der Waals surface area contributed by atoms with E-state index in [1.54, 1.807) is 6.08 Å². The number of rotatable bonds is 1. The second kappa shape index (κ2) is 2.55. The Morgan fingerprint density at radius 3 is 3.14 bits per heavy atom. The van der Waals surface area contributed by atoms with Crippen LogP contribution in [0.25, 0.3) is 0 Å². The first-order valence-corrected chi connectivity index (χ1v) is 5.02. The van der Waals surface area contributed by atoms with Crippen molar-refractivity contribution < 1.29 is 4.79 Å². The Labute approximate surface area is 82.7 Å². The lowest BCUT2D eigenvalue weighted by Crippen LogP contribution is -2.06. The van der Waals surface area contributed by atoms with Gasteiger partial charge < -0.3 is 0 Å². The summed E-state index contributed by atoms with van der Waals surface area (Å²) in [5, 5.41) is 0. The summed E-state index contributed by atoms with van der Waals surface area (Å²) in [5.41, 5.74) is 3.08. The average molecular weight is 185 g/mol. The topological polar surface area (TPSA) is 29.4 Å². The fraction of sp³-hybridized carbons (Fsp3) is 0.417. The van der Waals surface area contributed by atoms with Crippen LogP contribution in [0.5, 0.6) is 0 Å². The molecule has 0 N–H and O–H groups in total. The second-order valence-corrected chi connectivity index (χ2v) is 4.25. The van der Waals surface area contributed by atoms with Crippen LogP contribution in [0.2, 0.25) is 0 Å². The van der Waals surface area contributed by atoms with E-state index in [1.165, 1.54) is 11.1 Å². The predicted molar refractivity (Wildman–Crippen MR) is 53.0 cm³/mol. The number of benzene rings is 1. The molecule has 0 saturated heterocycles. The van der Waals surface area contributed by atoms with Crippen molar-refractivity contribution in [3.63, 3.8) is 0 Å². The highest BCUT2D eigenvalue weighted by molar-refractivity contribution is 5.49. The highest BCUT2D eigenvalue weighted by Gasteiger charge is 2.58. The van der Waals surface area contributed by atoms with E-state index in [0.29, 0.717) is 0 Å². The number of aryl methyl sites for hydroxylation is 1. The summed E-state index contributed by atoms with van der Waals surface area (Å²) in [7, 11) is 0. The van der Waals surface area contributed by atoms with Crippen LogP contribution in [0.15, 0.2) is 29.3 Å². The molecule has 0 bridgehead atoms. The monoisotopic (exact) mass is 185 g/mol. The molecule has 2 atom stereocenters. The van der Waals surface area contributed by atoms with Crippen molar-refractivity contribution in [2.75, 3.05) is 0 Å². The Balaban J connectivity index is 2.04. The zero-order chi connectivity index (χ0) is 9.60. The summed E-state index contributed by atoms with van der Waals surface area (Å²) in [6.07, 6.45) is 5.02. The van der Waals surface area contributed by atoms with E-state index < -0.39 is 0 Å².